The van der Waals surface area contributed by atoms with Crippen molar-refractivity contribution >= 4 is 23.3 Å². The summed E-state index contributed by atoms with van der Waals surface area (Å²) in [6.07, 6.45) is -1.54. The van der Waals surface area contributed by atoms with Crippen molar-refractivity contribution in [1.29, 1.82) is 0 Å². The molecule has 2 heterocycles. The van der Waals surface area contributed by atoms with Gasteiger partial charge >= 0.3 is 12.2 Å². The molecule has 34 heavy (non-hydrogen) atoms. The van der Waals surface area contributed by atoms with Gasteiger partial charge in [0, 0.05) is 35.4 Å². The predicted octanol–water partition coefficient (Wildman–Crippen LogP) is 5.39. The van der Waals surface area contributed by atoms with E-state index in [1.165, 1.54) is 12.1 Å². The maximum absolute atomic E-state index is 13.0. The Hall–Kier alpha value is -3.88. The first-order valence-corrected chi connectivity index (χ1v) is 10.8. The zero-order valence-electron chi connectivity index (χ0n) is 18.4. The van der Waals surface area contributed by atoms with E-state index in [1.54, 1.807) is 11.1 Å². The zero-order chi connectivity index (χ0) is 24.3. The first-order valence-electron chi connectivity index (χ1n) is 10.8. The van der Waals surface area contributed by atoms with Crippen molar-refractivity contribution in [3.63, 3.8) is 0 Å². The molecule has 2 N–H and O–H groups in total. The maximum Gasteiger partial charge on any atom is 0.416 e. The lowest BCUT2D eigenvalue weighted by Crippen LogP contribution is -2.53. The Labute approximate surface area is 194 Å². The summed E-state index contributed by atoms with van der Waals surface area (Å²) in [4.78, 5) is 31.3. The number of amides is 3. The number of anilines is 2. The third kappa shape index (κ3) is 5.19. The smallest absolute Gasteiger partial charge is 0.326 e. The number of nitrogens with zero attached hydrogens (tertiary/aromatic N) is 2. The van der Waals surface area contributed by atoms with Crippen molar-refractivity contribution in [3.8, 4) is 11.1 Å². The molecule has 176 valence electrons. The van der Waals surface area contributed by atoms with Gasteiger partial charge < -0.3 is 15.5 Å². The van der Waals surface area contributed by atoms with Gasteiger partial charge in [-0.05, 0) is 67.8 Å². The van der Waals surface area contributed by atoms with Gasteiger partial charge in [-0.2, -0.15) is 13.2 Å². The van der Waals surface area contributed by atoms with Crippen LogP contribution in [-0.2, 0) is 11.0 Å². The van der Waals surface area contributed by atoms with E-state index in [0.717, 1.165) is 34.6 Å². The first-order chi connectivity index (χ1) is 16.2. The van der Waals surface area contributed by atoms with Crippen molar-refractivity contribution in [3.05, 3.63) is 78.1 Å². The molecule has 1 aromatic heterocycles. The fraction of sp³-hybridized carbons (Fsp3) is 0.240. The third-order valence-corrected chi connectivity index (χ3v) is 5.71. The van der Waals surface area contributed by atoms with Gasteiger partial charge in [0.05, 0.1) is 5.56 Å². The molecule has 0 bridgehead atoms. The molecule has 3 amide bonds. The van der Waals surface area contributed by atoms with Crippen molar-refractivity contribution in [2.45, 2.75) is 32.0 Å². The highest BCUT2D eigenvalue weighted by Gasteiger charge is 2.32. The van der Waals surface area contributed by atoms with Crippen LogP contribution in [0.15, 0.2) is 66.9 Å². The van der Waals surface area contributed by atoms with E-state index in [4.69, 9.17) is 0 Å². The summed E-state index contributed by atoms with van der Waals surface area (Å²) in [5, 5.41) is 5.11. The normalized spacial score (nSPS) is 16.3. The van der Waals surface area contributed by atoms with Crippen molar-refractivity contribution < 1.29 is 22.8 Å². The number of pyridine rings is 1. The summed E-state index contributed by atoms with van der Waals surface area (Å²) in [7, 11) is 0. The van der Waals surface area contributed by atoms with E-state index in [-0.39, 0.29) is 11.6 Å². The molecule has 0 radical (unpaired) electrons. The highest BCUT2D eigenvalue weighted by atomic mass is 19.4. The van der Waals surface area contributed by atoms with Gasteiger partial charge in [-0.1, -0.05) is 18.2 Å². The van der Waals surface area contributed by atoms with Crippen LogP contribution in [-0.4, -0.2) is 29.5 Å². The Morgan fingerprint density at radius 2 is 1.76 bits per heavy atom. The summed E-state index contributed by atoms with van der Waals surface area (Å²) in [5.74, 6) is -0.237. The standard InChI is InChI=1S/C25H23F3N4O2/c1-16-21(4-2-14-29-16)17-6-12-20(13-7-17)32-15-3-5-22(23(32)33)31-24(34)30-19-10-8-18(9-11-19)25(26,27)28/h2,4,6-14,22H,3,5,15H2,1H3,(H2,30,31,34). The summed E-state index contributed by atoms with van der Waals surface area (Å²) in [6.45, 7) is 2.46. The molecule has 1 aliphatic heterocycles. The summed E-state index contributed by atoms with van der Waals surface area (Å²) >= 11 is 0. The molecular formula is C25H23F3N4O2. The Kier molecular flexibility index (Phi) is 6.54. The first kappa shape index (κ1) is 23.3. The van der Waals surface area contributed by atoms with Crippen LogP contribution < -0.4 is 15.5 Å². The second kappa shape index (κ2) is 9.54. The SMILES string of the molecule is Cc1ncccc1-c1ccc(N2CCCC(NC(=O)Nc3ccc(C(F)(F)F)cc3)C2=O)cc1. The Bertz CT molecular complexity index is 1180. The van der Waals surface area contributed by atoms with Crippen LogP contribution in [0.5, 0.6) is 0 Å². The quantitative estimate of drug-likeness (QED) is 0.539. The van der Waals surface area contributed by atoms with Crippen molar-refractivity contribution in [2.24, 2.45) is 0 Å². The van der Waals surface area contributed by atoms with Gasteiger partial charge in [-0.3, -0.25) is 9.78 Å². The fourth-order valence-electron chi connectivity index (χ4n) is 3.94. The number of piperidine rings is 1. The lowest BCUT2D eigenvalue weighted by atomic mass is 10.0. The number of carbonyl (C=O) groups is 2. The van der Waals surface area contributed by atoms with Crippen LogP contribution in [0.25, 0.3) is 11.1 Å². The van der Waals surface area contributed by atoms with Crippen molar-refractivity contribution in [1.82, 2.24) is 10.3 Å². The molecule has 1 fully saturated rings. The van der Waals surface area contributed by atoms with Gasteiger partial charge in [-0.25, -0.2) is 4.79 Å². The average Bonchev–Trinajstić information content (AvgIpc) is 2.81. The number of carbonyl (C=O) groups excluding carboxylic acids is 2. The lowest BCUT2D eigenvalue weighted by molar-refractivity contribution is -0.137. The number of hydrogen-bond acceptors (Lipinski definition) is 3. The van der Waals surface area contributed by atoms with E-state index in [9.17, 15) is 22.8 Å². The Morgan fingerprint density at radius 3 is 2.41 bits per heavy atom. The predicted molar refractivity (Wildman–Crippen MR) is 123 cm³/mol. The minimum atomic E-state index is -4.45. The minimum absolute atomic E-state index is 0.201. The molecule has 1 saturated heterocycles. The number of rotatable bonds is 4. The molecule has 1 unspecified atom stereocenters. The number of halogens is 3. The van der Waals surface area contributed by atoms with Gasteiger partial charge in [0.2, 0.25) is 5.91 Å². The molecule has 3 aromatic rings. The molecule has 0 saturated carbocycles. The fourth-order valence-corrected chi connectivity index (χ4v) is 3.94. The lowest BCUT2D eigenvalue weighted by Gasteiger charge is -2.32. The molecule has 9 heteroatoms. The summed E-state index contributed by atoms with van der Waals surface area (Å²) < 4.78 is 38.1. The highest BCUT2D eigenvalue weighted by molar-refractivity contribution is 6.01. The van der Waals surface area contributed by atoms with Crippen LogP contribution in [0, 0.1) is 6.92 Å². The van der Waals surface area contributed by atoms with E-state index < -0.39 is 23.8 Å². The molecule has 0 aliphatic carbocycles. The molecule has 2 aromatic carbocycles. The van der Waals surface area contributed by atoms with Crippen molar-refractivity contribution in [2.75, 3.05) is 16.8 Å². The number of alkyl halides is 3. The zero-order valence-corrected chi connectivity index (χ0v) is 18.4. The maximum atomic E-state index is 13.0. The molecule has 6 nitrogen and oxygen atoms in total. The number of benzene rings is 2. The van der Waals surface area contributed by atoms with Crippen LogP contribution in [0.4, 0.5) is 29.3 Å². The van der Waals surface area contributed by atoms with Crippen LogP contribution in [0.1, 0.15) is 24.1 Å². The molecule has 0 spiro atoms. The van der Waals surface area contributed by atoms with Crippen LogP contribution >= 0.6 is 0 Å². The average molecular weight is 468 g/mol. The monoisotopic (exact) mass is 468 g/mol. The molecule has 4 rings (SSSR count). The largest absolute Gasteiger partial charge is 0.416 e. The van der Waals surface area contributed by atoms with Gasteiger partial charge in [0.15, 0.2) is 0 Å². The summed E-state index contributed by atoms with van der Waals surface area (Å²) in [5.41, 5.74) is 3.04. The van der Waals surface area contributed by atoms with Crippen LogP contribution in [0.2, 0.25) is 0 Å². The number of hydrogen-bond donors (Lipinski definition) is 2. The second-order valence-electron chi connectivity index (χ2n) is 8.04. The minimum Gasteiger partial charge on any atom is -0.326 e. The third-order valence-electron chi connectivity index (χ3n) is 5.71. The van der Waals surface area contributed by atoms with Gasteiger partial charge in [-0.15, -0.1) is 0 Å². The molecular weight excluding hydrogens is 445 g/mol. The highest BCUT2D eigenvalue weighted by Crippen LogP contribution is 2.30. The van der Waals surface area contributed by atoms with E-state index in [1.807, 2.05) is 43.3 Å². The Morgan fingerprint density at radius 1 is 1.06 bits per heavy atom. The van der Waals surface area contributed by atoms with E-state index in [0.29, 0.717) is 19.4 Å². The number of urea groups is 1. The second-order valence-corrected chi connectivity index (χ2v) is 8.04. The topological polar surface area (TPSA) is 74.3 Å². The Balaban J connectivity index is 1.40. The molecule has 1 aliphatic rings. The molecule has 1 atom stereocenters. The summed E-state index contributed by atoms with van der Waals surface area (Å²) in [6, 6.07) is 14.2. The number of aromatic nitrogens is 1. The van der Waals surface area contributed by atoms with E-state index in [2.05, 4.69) is 15.6 Å². The van der Waals surface area contributed by atoms with E-state index >= 15 is 0 Å². The van der Waals surface area contributed by atoms with Gasteiger partial charge in [0.1, 0.15) is 6.04 Å². The number of nitrogens with one attached hydrogen (secondary N) is 2. The van der Waals surface area contributed by atoms with Crippen LogP contribution in [0.3, 0.4) is 0 Å². The number of aryl methyl sites for hydroxylation is 1. The van der Waals surface area contributed by atoms with Gasteiger partial charge in [0.25, 0.3) is 0 Å².